The van der Waals surface area contributed by atoms with Crippen LogP contribution in [0.4, 0.5) is 0 Å². The van der Waals surface area contributed by atoms with E-state index in [-0.39, 0.29) is 24.1 Å². The lowest BCUT2D eigenvalue weighted by Gasteiger charge is -2.43. The molecule has 2 aromatic rings. The number of carboxylic acids is 1. The Bertz CT molecular complexity index is 904. The number of amides is 1. The van der Waals surface area contributed by atoms with Crippen LogP contribution in [0.2, 0.25) is 0 Å². The molecular formula is C22H28N4O4. The number of aliphatic hydroxyl groups is 1. The zero-order valence-electron chi connectivity index (χ0n) is 17.0. The molecule has 1 fully saturated rings. The highest BCUT2D eigenvalue weighted by molar-refractivity contribution is 5.97. The number of fused-ring (bicyclic) bond motifs is 1. The average Bonchev–Trinajstić information content (AvgIpc) is 3.26. The van der Waals surface area contributed by atoms with Crippen LogP contribution in [0.5, 0.6) is 0 Å². The van der Waals surface area contributed by atoms with Gasteiger partial charge in [0, 0.05) is 37.4 Å². The molecule has 0 spiro atoms. The summed E-state index contributed by atoms with van der Waals surface area (Å²) in [6, 6.07) is 6.15. The number of aromatic amines is 1. The summed E-state index contributed by atoms with van der Waals surface area (Å²) in [7, 11) is 0. The van der Waals surface area contributed by atoms with Crippen LogP contribution in [0, 0.1) is 5.92 Å². The first-order valence-electron chi connectivity index (χ1n) is 10.6. The van der Waals surface area contributed by atoms with Gasteiger partial charge in [-0.15, -0.1) is 0 Å². The number of imidazole rings is 1. The van der Waals surface area contributed by atoms with Gasteiger partial charge in [-0.2, -0.15) is 0 Å². The number of benzene rings is 1. The Labute approximate surface area is 175 Å². The van der Waals surface area contributed by atoms with Crippen LogP contribution >= 0.6 is 0 Å². The first kappa shape index (κ1) is 20.6. The van der Waals surface area contributed by atoms with Gasteiger partial charge >= 0.3 is 5.97 Å². The third-order valence-corrected chi connectivity index (χ3v) is 6.30. The molecule has 1 amide bonds. The molecule has 2 aliphatic heterocycles. The second kappa shape index (κ2) is 8.97. The monoisotopic (exact) mass is 412 g/mol. The van der Waals surface area contributed by atoms with Gasteiger partial charge in [0.2, 0.25) is 0 Å². The van der Waals surface area contributed by atoms with Crippen molar-refractivity contribution in [1.82, 2.24) is 19.8 Å². The number of aromatic carboxylic acids is 1. The molecule has 4 rings (SSSR count). The largest absolute Gasteiger partial charge is 0.478 e. The van der Waals surface area contributed by atoms with Crippen LogP contribution in [0.3, 0.4) is 0 Å². The summed E-state index contributed by atoms with van der Waals surface area (Å²) >= 11 is 0. The Morgan fingerprint density at radius 1 is 1.17 bits per heavy atom. The van der Waals surface area contributed by atoms with Crippen molar-refractivity contribution in [2.24, 2.45) is 5.92 Å². The Morgan fingerprint density at radius 3 is 2.67 bits per heavy atom. The highest BCUT2D eigenvalue weighted by Gasteiger charge is 2.39. The zero-order valence-corrected chi connectivity index (χ0v) is 17.0. The number of nitrogens with one attached hydrogen (secondary N) is 1. The third kappa shape index (κ3) is 4.11. The predicted octanol–water partition coefficient (Wildman–Crippen LogP) is 1.94. The molecule has 3 N–H and O–H groups in total. The van der Waals surface area contributed by atoms with Gasteiger partial charge in [-0.3, -0.25) is 4.79 Å². The second-order valence-electron chi connectivity index (χ2n) is 8.10. The number of likely N-dealkylation sites (tertiary alicyclic amines) is 1. The summed E-state index contributed by atoms with van der Waals surface area (Å²) in [5.74, 6) is -0.881. The molecule has 0 saturated carbocycles. The van der Waals surface area contributed by atoms with E-state index in [1.807, 2.05) is 4.90 Å². The van der Waals surface area contributed by atoms with Crippen molar-refractivity contribution in [2.45, 2.75) is 31.7 Å². The van der Waals surface area contributed by atoms with E-state index in [2.05, 4.69) is 14.9 Å². The molecular weight excluding hydrogens is 384 g/mol. The van der Waals surface area contributed by atoms with Crippen molar-refractivity contribution in [3.8, 4) is 0 Å². The van der Waals surface area contributed by atoms with E-state index in [0.717, 1.165) is 50.3 Å². The van der Waals surface area contributed by atoms with E-state index in [1.54, 1.807) is 18.5 Å². The maximum absolute atomic E-state index is 13.4. The van der Waals surface area contributed by atoms with Crippen molar-refractivity contribution >= 4 is 11.9 Å². The minimum Gasteiger partial charge on any atom is -0.478 e. The summed E-state index contributed by atoms with van der Waals surface area (Å²) in [6.07, 6.45) is 5.11. The Hall–Kier alpha value is -2.71. The molecule has 1 aromatic carbocycles. The van der Waals surface area contributed by atoms with E-state index >= 15 is 0 Å². The smallest absolute Gasteiger partial charge is 0.335 e. The van der Waals surface area contributed by atoms with Crippen molar-refractivity contribution < 1.29 is 19.8 Å². The first-order valence-corrected chi connectivity index (χ1v) is 10.6. The fourth-order valence-electron chi connectivity index (χ4n) is 4.75. The van der Waals surface area contributed by atoms with Gasteiger partial charge in [0.1, 0.15) is 0 Å². The van der Waals surface area contributed by atoms with Gasteiger partial charge in [-0.25, -0.2) is 9.78 Å². The molecule has 1 atom stereocenters. The molecule has 1 unspecified atom stereocenters. The Balaban J connectivity index is 1.57. The van der Waals surface area contributed by atoms with Crippen LogP contribution < -0.4 is 0 Å². The number of carbonyl (C=O) groups is 2. The molecule has 1 aromatic heterocycles. The van der Waals surface area contributed by atoms with Gasteiger partial charge < -0.3 is 25.0 Å². The minimum absolute atomic E-state index is 0.110. The fourth-order valence-corrected chi connectivity index (χ4v) is 4.75. The molecule has 2 aliphatic rings. The molecule has 3 heterocycles. The third-order valence-electron chi connectivity index (χ3n) is 6.30. The van der Waals surface area contributed by atoms with E-state index in [0.29, 0.717) is 24.4 Å². The minimum atomic E-state index is -1.04. The molecule has 0 bridgehead atoms. The summed E-state index contributed by atoms with van der Waals surface area (Å²) in [6.45, 7) is 3.57. The van der Waals surface area contributed by atoms with Gasteiger partial charge in [0.25, 0.3) is 5.91 Å². The number of hydrogen-bond acceptors (Lipinski definition) is 5. The van der Waals surface area contributed by atoms with E-state index in [9.17, 15) is 14.7 Å². The van der Waals surface area contributed by atoms with Crippen LogP contribution in [-0.4, -0.2) is 74.6 Å². The van der Waals surface area contributed by atoms with Crippen molar-refractivity contribution in [3.05, 3.63) is 53.1 Å². The maximum atomic E-state index is 13.4. The van der Waals surface area contributed by atoms with Gasteiger partial charge in [0.05, 0.1) is 23.6 Å². The first-order chi connectivity index (χ1) is 14.6. The SMILES string of the molecule is O=C(O)c1cccc(C(=O)N2CCc3[nH]cnc3C2C2CCN(CCCO)CC2)c1. The lowest BCUT2D eigenvalue weighted by atomic mass is 9.83. The van der Waals surface area contributed by atoms with Gasteiger partial charge in [0.15, 0.2) is 0 Å². The lowest BCUT2D eigenvalue weighted by Crippen LogP contribution is -2.46. The second-order valence-corrected chi connectivity index (χ2v) is 8.10. The molecule has 8 heteroatoms. The van der Waals surface area contributed by atoms with Gasteiger partial charge in [-0.1, -0.05) is 6.07 Å². The highest BCUT2D eigenvalue weighted by atomic mass is 16.4. The van der Waals surface area contributed by atoms with E-state index in [1.165, 1.54) is 12.1 Å². The van der Waals surface area contributed by atoms with Crippen molar-refractivity contribution in [1.29, 1.82) is 0 Å². The average molecular weight is 412 g/mol. The number of rotatable bonds is 6. The standard InChI is InChI=1S/C22H28N4O4/c27-12-2-8-25-9-5-15(6-10-25)20-19-18(23-14-24-19)7-11-26(20)21(28)16-3-1-4-17(13-16)22(29)30/h1,3-4,13-15,20,27H,2,5-12H2,(H,23,24)(H,29,30). The molecule has 8 nitrogen and oxygen atoms in total. The number of aromatic nitrogens is 2. The summed E-state index contributed by atoms with van der Waals surface area (Å²) in [4.78, 5) is 36.8. The maximum Gasteiger partial charge on any atom is 0.335 e. The predicted molar refractivity (Wildman–Crippen MR) is 110 cm³/mol. The number of carbonyl (C=O) groups excluding carboxylic acids is 1. The lowest BCUT2D eigenvalue weighted by molar-refractivity contribution is 0.0467. The molecule has 160 valence electrons. The Morgan fingerprint density at radius 2 is 1.93 bits per heavy atom. The fraction of sp³-hybridized carbons (Fsp3) is 0.500. The summed E-state index contributed by atoms with van der Waals surface area (Å²) < 4.78 is 0. The van der Waals surface area contributed by atoms with Crippen LogP contribution in [0.25, 0.3) is 0 Å². The summed E-state index contributed by atoms with van der Waals surface area (Å²) in [5.41, 5.74) is 2.55. The van der Waals surface area contributed by atoms with Crippen LogP contribution in [0.1, 0.15) is 57.4 Å². The molecule has 0 radical (unpaired) electrons. The number of hydrogen-bond donors (Lipinski definition) is 3. The van der Waals surface area contributed by atoms with E-state index < -0.39 is 5.97 Å². The number of aliphatic hydroxyl groups excluding tert-OH is 1. The molecule has 30 heavy (non-hydrogen) atoms. The topological polar surface area (TPSA) is 110 Å². The number of nitrogens with zero attached hydrogens (tertiary/aromatic N) is 3. The summed E-state index contributed by atoms with van der Waals surface area (Å²) in [5, 5.41) is 18.4. The number of piperidine rings is 1. The Kier molecular flexibility index (Phi) is 6.15. The zero-order chi connectivity index (χ0) is 21.1. The van der Waals surface area contributed by atoms with E-state index in [4.69, 9.17) is 5.11 Å². The molecule has 1 saturated heterocycles. The quantitative estimate of drug-likeness (QED) is 0.669. The van der Waals surface area contributed by atoms with Crippen molar-refractivity contribution in [3.63, 3.8) is 0 Å². The van der Waals surface area contributed by atoms with Gasteiger partial charge in [-0.05, 0) is 56.5 Å². The molecule has 0 aliphatic carbocycles. The van der Waals surface area contributed by atoms with Crippen LogP contribution in [-0.2, 0) is 6.42 Å². The number of H-pyrrole nitrogens is 1. The highest BCUT2D eigenvalue weighted by Crippen LogP contribution is 2.39. The normalized spacial score (nSPS) is 20.2. The van der Waals surface area contributed by atoms with Crippen molar-refractivity contribution in [2.75, 3.05) is 32.8 Å². The van der Waals surface area contributed by atoms with Crippen LogP contribution in [0.15, 0.2) is 30.6 Å². The number of carboxylic acid groups (broad SMARTS) is 1.